The number of nitrogens with zero attached hydrogens (tertiary/aromatic N) is 3. The second-order valence-corrected chi connectivity index (χ2v) is 9.45. The Morgan fingerprint density at radius 2 is 1.87 bits per heavy atom. The van der Waals surface area contributed by atoms with Crippen LogP contribution in [0, 0.1) is 0 Å². The quantitative estimate of drug-likeness (QED) is 0.263. The number of halogens is 1. The largest absolute Gasteiger partial charge is 0.356 e. The van der Waals surface area contributed by atoms with E-state index in [4.69, 9.17) is 16.6 Å². The molecule has 5 nitrogen and oxygen atoms in total. The standard InChI is InChI=1S/C24H33ClN4OS/c1-3-13-29(14-4-2)22-16-21(25)27-24(28-22)31-17-18-9-8-10-19(15-18)23(30)26-20-11-6-5-7-12-20/h8-10,15-16,20H,3-7,11-14,17H2,1-2H3,(H,26,30). The van der Waals surface area contributed by atoms with Gasteiger partial charge in [-0.1, -0.05) is 68.6 Å². The summed E-state index contributed by atoms with van der Waals surface area (Å²) in [4.78, 5) is 24.1. The van der Waals surface area contributed by atoms with E-state index in [-0.39, 0.29) is 5.91 Å². The number of hydrogen-bond acceptors (Lipinski definition) is 5. The van der Waals surface area contributed by atoms with Crippen LogP contribution in [0.5, 0.6) is 0 Å². The van der Waals surface area contributed by atoms with Crippen molar-refractivity contribution in [3.05, 3.63) is 46.6 Å². The first-order chi connectivity index (χ1) is 15.1. The summed E-state index contributed by atoms with van der Waals surface area (Å²) in [6.07, 6.45) is 7.97. The maximum absolute atomic E-state index is 12.7. The predicted octanol–water partition coefficient (Wildman–Crippen LogP) is 6.11. The number of benzene rings is 1. The Kier molecular flexibility index (Phi) is 9.47. The highest BCUT2D eigenvalue weighted by Gasteiger charge is 2.17. The maximum Gasteiger partial charge on any atom is 0.251 e. The number of anilines is 1. The SMILES string of the molecule is CCCN(CCC)c1cc(Cl)nc(SCc2cccc(C(=O)NC3CCCCC3)c2)n1. The Bertz CT molecular complexity index is 851. The summed E-state index contributed by atoms with van der Waals surface area (Å²) in [6, 6.07) is 9.99. The normalized spacial score (nSPS) is 14.4. The van der Waals surface area contributed by atoms with Crippen LogP contribution in [-0.2, 0) is 5.75 Å². The summed E-state index contributed by atoms with van der Waals surface area (Å²) >= 11 is 7.84. The fourth-order valence-corrected chi connectivity index (χ4v) is 4.98. The van der Waals surface area contributed by atoms with Gasteiger partial charge in [0.05, 0.1) is 0 Å². The summed E-state index contributed by atoms with van der Waals surface area (Å²) in [5.41, 5.74) is 1.79. The number of hydrogen-bond donors (Lipinski definition) is 1. The smallest absolute Gasteiger partial charge is 0.251 e. The van der Waals surface area contributed by atoms with Crippen molar-refractivity contribution in [2.45, 2.75) is 75.7 Å². The van der Waals surface area contributed by atoms with Gasteiger partial charge in [0.25, 0.3) is 5.91 Å². The molecule has 1 amide bonds. The summed E-state index contributed by atoms with van der Waals surface area (Å²) in [5, 5.41) is 4.32. The van der Waals surface area contributed by atoms with Gasteiger partial charge in [-0.05, 0) is 43.4 Å². The van der Waals surface area contributed by atoms with Crippen LogP contribution in [0.2, 0.25) is 5.15 Å². The van der Waals surface area contributed by atoms with Crippen LogP contribution in [0.1, 0.15) is 74.7 Å². The van der Waals surface area contributed by atoms with Crippen molar-refractivity contribution in [2.75, 3.05) is 18.0 Å². The van der Waals surface area contributed by atoms with Crippen LogP contribution in [0.4, 0.5) is 5.82 Å². The van der Waals surface area contributed by atoms with Gasteiger partial charge in [-0.3, -0.25) is 4.79 Å². The first kappa shape index (κ1) is 23.9. The van der Waals surface area contributed by atoms with E-state index in [0.29, 0.717) is 27.7 Å². The first-order valence-corrected chi connectivity index (χ1v) is 12.8. The van der Waals surface area contributed by atoms with Crippen LogP contribution in [0.25, 0.3) is 0 Å². The molecule has 0 saturated heterocycles. The molecule has 2 aromatic rings. The van der Waals surface area contributed by atoms with E-state index in [1.165, 1.54) is 19.3 Å². The molecule has 0 spiro atoms. The van der Waals surface area contributed by atoms with E-state index in [0.717, 1.165) is 50.2 Å². The molecule has 7 heteroatoms. The van der Waals surface area contributed by atoms with Crippen molar-refractivity contribution >= 4 is 35.1 Å². The summed E-state index contributed by atoms with van der Waals surface area (Å²) < 4.78 is 0. The van der Waals surface area contributed by atoms with E-state index >= 15 is 0 Å². The molecule has 3 rings (SSSR count). The maximum atomic E-state index is 12.7. The lowest BCUT2D eigenvalue weighted by Gasteiger charge is -2.23. The molecule has 1 aliphatic carbocycles. The fourth-order valence-electron chi connectivity index (χ4n) is 3.96. The Labute approximate surface area is 195 Å². The average molecular weight is 461 g/mol. The topological polar surface area (TPSA) is 58.1 Å². The summed E-state index contributed by atoms with van der Waals surface area (Å²) in [5.74, 6) is 1.59. The Hall–Kier alpha value is -1.79. The molecule has 0 aliphatic heterocycles. The molecule has 1 heterocycles. The molecule has 1 N–H and O–H groups in total. The highest BCUT2D eigenvalue weighted by Crippen LogP contribution is 2.25. The lowest BCUT2D eigenvalue weighted by Crippen LogP contribution is -2.36. The molecule has 1 saturated carbocycles. The van der Waals surface area contributed by atoms with Crippen molar-refractivity contribution in [1.82, 2.24) is 15.3 Å². The number of aromatic nitrogens is 2. The van der Waals surface area contributed by atoms with Gasteiger partial charge in [0.2, 0.25) is 0 Å². The molecule has 1 aromatic heterocycles. The molecular weight excluding hydrogens is 428 g/mol. The number of carbonyl (C=O) groups is 1. The van der Waals surface area contributed by atoms with Gasteiger partial charge >= 0.3 is 0 Å². The lowest BCUT2D eigenvalue weighted by atomic mass is 9.95. The van der Waals surface area contributed by atoms with Crippen molar-refractivity contribution in [2.24, 2.45) is 0 Å². The zero-order chi connectivity index (χ0) is 22.1. The molecule has 0 radical (unpaired) electrons. The van der Waals surface area contributed by atoms with Crippen molar-refractivity contribution in [3.63, 3.8) is 0 Å². The second-order valence-electron chi connectivity index (χ2n) is 8.12. The van der Waals surface area contributed by atoms with Gasteiger partial charge in [0, 0.05) is 36.5 Å². The monoisotopic (exact) mass is 460 g/mol. The van der Waals surface area contributed by atoms with E-state index in [1.807, 2.05) is 30.3 Å². The molecule has 168 valence electrons. The fraction of sp³-hybridized carbons (Fsp3) is 0.542. The van der Waals surface area contributed by atoms with Gasteiger partial charge in [0.1, 0.15) is 11.0 Å². The second kappa shape index (κ2) is 12.3. The van der Waals surface area contributed by atoms with Gasteiger partial charge in [0.15, 0.2) is 5.16 Å². The van der Waals surface area contributed by atoms with E-state index in [2.05, 4.69) is 29.0 Å². The van der Waals surface area contributed by atoms with Crippen LogP contribution in [0.15, 0.2) is 35.5 Å². The molecule has 0 bridgehead atoms. The number of amides is 1. The summed E-state index contributed by atoms with van der Waals surface area (Å²) in [6.45, 7) is 6.23. The van der Waals surface area contributed by atoms with Crippen LogP contribution in [0.3, 0.4) is 0 Å². The first-order valence-electron chi connectivity index (χ1n) is 11.4. The van der Waals surface area contributed by atoms with Gasteiger partial charge in [-0.2, -0.15) is 0 Å². The summed E-state index contributed by atoms with van der Waals surface area (Å²) in [7, 11) is 0. The van der Waals surface area contributed by atoms with Crippen molar-refractivity contribution in [3.8, 4) is 0 Å². The van der Waals surface area contributed by atoms with Crippen LogP contribution < -0.4 is 10.2 Å². The van der Waals surface area contributed by atoms with E-state index in [1.54, 1.807) is 11.8 Å². The zero-order valence-electron chi connectivity index (χ0n) is 18.6. The van der Waals surface area contributed by atoms with Crippen molar-refractivity contribution < 1.29 is 4.79 Å². The minimum Gasteiger partial charge on any atom is -0.356 e. The zero-order valence-corrected chi connectivity index (χ0v) is 20.1. The number of rotatable bonds is 10. The molecule has 1 aliphatic rings. The Balaban J connectivity index is 1.64. The van der Waals surface area contributed by atoms with Gasteiger partial charge < -0.3 is 10.2 Å². The minimum absolute atomic E-state index is 0.0230. The Morgan fingerprint density at radius 3 is 2.58 bits per heavy atom. The molecule has 1 fully saturated rings. The Morgan fingerprint density at radius 1 is 1.13 bits per heavy atom. The van der Waals surface area contributed by atoms with Crippen LogP contribution in [-0.4, -0.2) is 35.0 Å². The van der Waals surface area contributed by atoms with Gasteiger partial charge in [-0.25, -0.2) is 9.97 Å². The molecule has 1 aromatic carbocycles. The third-order valence-corrected chi connectivity index (χ3v) is 6.58. The molecule has 0 atom stereocenters. The minimum atomic E-state index is 0.0230. The third-order valence-electron chi connectivity index (χ3n) is 5.47. The number of nitrogens with one attached hydrogen (secondary N) is 1. The molecular formula is C24H33ClN4OS. The molecule has 31 heavy (non-hydrogen) atoms. The lowest BCUT2D eigenvalue weighted by molar-refractivity contribution is 0.0927. The average Bonchev–Trinajstić information content (AvgIpc) is 2.78. The van der Waals surface area contributed by atoms with E-state index in [9.17, 15) is 4.79 Å². The van der Waals surface area contributed by atoms with Crippen LogP contribution >= 0.6 is 23.4 Å². The highest BCUT2D eigenvalue weighted by molar-refractivity contribution is 7.98. The molecule has 0 unspecified atom stereocenters. The third kappa shape index (κ3) is 7.39. The van der Waals surface area contributed by atoms with E-state index < -0.39 is 0 Å². The number of carbonyl (C=O) groups excluding carboxylic acids is 1. The highest BCUT2D eigenvalue weighted by atomic mass is 35.5. The van der Waals surface area contributed by atoms with Crippen molar-refractivity contribution in [1.29, 1.82) is 0 Å². The predicted molar refractivity (Wildman–Crippen MR) is 130 cm³/mol. The van der Waals surface area contributed by atoms with Gasteiger partial charge in [-0.15, -0.1) is 0 Å². The number of thioether (sulfide) groups is 1.